The van der Waals surface area contributed by atoms with E-state index in [0.29, 0.717) is 0 Å². The van der Waals surface area contributed by atoms with E-state index >= 15 is 0 Å². The molecular formula is C12H18AlO+. The Morgan fingerprint density at radius 3 is 2.14 bits per heavy atom. The van der Waals surface area contributed by atoms with Gasteiger partial charge in [0.1, 0.15) is 0 Å². The number of benzene rings is 1. The number of hydrogen-bond donors (Lipinski definition) is 0. The van der Waals surface area contributed by atoms with Crippen LogP contribution in [-0.4, -0.2) is 15.6 Å². The summed E-state index contributed by atoms with van der Waals surface area (Å²) >= 11 is 0.126. The topological polar surface area (TPSA) is 9.23 Å². The van der Waals surface area contributed by atoms with Gasteiger partial charge in [-0.15, -0.1) is 0 Å². The first kappa shape index (κ1) is 11.6. The van der Waals surface area contributed by atoms with Gasteiger partial charge in [-0.3, -0.25) is 0 Å². The normalized spacial score (nSPS) is 10.9. The third-order valence-corrected chi connectivity index (χ3v) is 2.88. The molecule has 0 saturated carbocycles. The van der Waals surface area contributed by atoms with Crippen LogP contribution in [0.5, 0.6) is 5.75 Å². The Morgan fingerprint density at radius 1 is 1.14 bits per heavy atom. The van der Waals surface area contributed by atoms with Gasteiger partial charge in [0.25, 0.3) is 0 Å². The first-order valence-corrected chi connectivity index (χ1v) is 6.41. The summed E-state index contributed by atoms with van der Waals surface area (Å²) in [4.78, 5) is 0. The van der Waals surface area contributed by atoms with Crippen LogP contribution in [0.4, 0.5) is 0 Å². The molecule has 0 atom stereocenters. The first-order chi connectivity index (χ1) is 6.54. The molecule has 1 nitrogen and oxygen atoms in total. The Hall–Kier alpha value is -0.448. The van der Waals surface area contributed by atoms with E-state index in [1.54, 1.807) is 0 Å². The van der Waals surface area contributed by atoms with Crippen molar-refractivity contribution < 1.29 is 3.79 Å². The SMILES string of the molecule is C[CH2][Al+][O]c1ccc(C(C)(C)C)cc1. The van der Waals surface area contributed by atoms with E-state index in [1.807, 2.05) is 0 Å². The van der Waals surface area contributed by atoms with Gasteiger partial charge in [0.15, 0.2) is 0 Å². The van der Waals surface area contributed by atoms with Crippen LogP contribution in [0.15, 0.2) is 24.3 Å². The molecule has 0 spiro atoms. The second-order valence-corrected chi connectivity index (χ2v) is 5.85. The molecule has 2 heteroatoms. The molecule has 14 heavy (non-hydrogen) atoms. The molecule has 0 N–H and O–H groups in total. The Kier molecular flexibility index (Phi) is 4.04. The minimum absolute atomic E-state index is 0.126. The van der Waals surface area contributed by atoms with Gasteiger partial charge in [-0.2, -0.15) is 0 Å². The van der Waals surface area contributed by atoms with Crippen molar-refractivity contribution in [2.24, 2.45) is 0 Å². The second-order valence-electron chi connectivity index (χ2n) is 4.47. The van der Waals surface area contributed by atoms with Gasteiger partial charge in [-0.05, 0) is 0 Å². The van der Waals surface area contributed by atoms with E-state index in [1.165, 1.54) is 5.56 Å². The summed E-state index contributed by atoms with van der Waals surface area (Å²) in [5, 5.41) is 1.14. The molecule has 0 unspecified atom stereocenters. The number of hydrogen-bond acceptors (Lipinski definition) is 1. The predicted molar refractivity (Wildman–Crippen MR) is 62.0 cm³/mol. The molecule has 0 aliphatic rings. The summed E-state index contributed by atoms with van der Waals surface area (Å²) in [6.45, 7) is 8.82. The fraction of sp³-hybridized carbons (Fsp3) is 0.500. The molecule has 1 rings (SSSR count). The zero-order valence-electron chi connectivity index (χ0n) is 9.50. The molecule has 0 radical (unpaired) electrons. The molecule has 0 saturated heterocycles. The van der Waals surface area contributed by atoms with Gasteiger partial charge in [-0.1, -0.05) is 0 Å². The van der Waals surface area contributed by atoms with Crippen molar-refractivity contribution in [3.8, 4) is 5.75 Å². The maximum absolute atomic E-state index is 5.61. The van der Waals surface area contributed by atoms with E-state index in [0.717, 1.165) is 11.0 Å². The van der Waals surface area contributed by atoms with E-state index in [4.69, 9.17) is 3.79 Å². The van der Waals surface area contributed by atoms with Crippen molar-refractivity contribution in [1.29, 1.82) is 0 Å². The van der Waals surface area contributed by atoms with Gasteiger partial charge in [0.05, 0.1) is 0 Å². The van der Waals surface area contributed by atoms with E-state index < -0.39 is 0 Å². The van der Waals surface area contributed by atoms with Gasteiger partial charge in [0.2, 0.25) is 0 Å². The first-order valence-electron chi connectivity index (χ1n) is 5.13. The van der Waals surface area contributed by atoms with Crippen molar-refractivity contribution in [1.82, 2.24) is 0 Å². The third-order valence-electron chi connectivity index (χ3n) is 2.11. The van der Waals surface area contributed by atoms with E-state index in [9.17, 15) is 0 Å². The fourth-order valence-electron chi connectivity index (χ4n) is 1.21. The van der Waals surface area contributed by atoms with Crippen molar-refractivity contribution in [2.45, 2.75) is 38.4 Å². The monoisotopic (exact) mass is 205 g/mol. The van der Waals surface area contributed by atoms with Crippen LogP contribution in [0, 0.1) is 0 Å². The van der Waals surface area contributed by atoms with Crippen LogP contribution in [0.25, 0.3) is 0 Å². The van der Waals surface area contributed by atoms with E-state index in [-0.39, 0.29) is 21.0 Å². The van der Waals surface area contributed by atoms with Gasteiger partial charge in [-0.25, -0.2) is 0 Å². The molecule has 0 aromatic heterocycles. The molecule has 0 aliphatic carbocycles. The summed E-state index contributed by atoms with van der Waals surface area (Å²) in [5.74, 6) is 1.01. The predicted octanol–water partition coefficient (Wildman–Crippen LogP) is 3.42. The standard InChI is InChI=1S/C10H14O.C2H5.Al/c1-10(2,3)8-4-6-9(11)7-5-8;1-2;/h4-7,11H,1-3H3;1H2,2H3;/q;;+2/p-1. The van der Waals surface area contributed by atoms with Crippen LogP contribution in [0.3, 0.4) is 0 Å². The zero-order chi connectivity index (χ0) is 10.6. The van der Waals surface area contributed by atoms with Gasteiger partial charge >= 0.3 is 93.3 Å². The summed E-state index contributed by atoms with van der Waals surface area (Å²) in [6, 6.07) is 8.46. The Bertz CT molecular complexity index is 271. The van der Waals surface area contributed by atoms with Crippen molar-refractivity contribution in [3.63, 3.8) is 0 Å². The molecule has 0 fully saturated rings. The number of rotatable bonds is 3. The Balaban J connectivity index is 2.69. The van der Waals surface area contributed by atoms with Crippen LogP contribution in [0.2, 0.25) is 5.28 Å². The third kappa shape index (κ3) is 3.36. The summed E-state index contributed by atoms with van der Waals surface area (Å²) in [5.41, 5.74) is 1.59. The molecule has 74 valence electrons. The molecule has 0 aliphatic heterocycles. The Morgan fingerprint density at radius 2 is 1.71 bits per heavy atom. The summed E-state index contributed by atoms with van der Waals surface area (Å²) < 4.78 is 5.61. The summed E-state index contributed by atoms with van der Waals surface area (Å²) in [6.07, 6.45) is 0. The van der Waals surface area contributed by atoms with Crippen LogP contribution in [0.1, 0.15) is 33.3 Å². The average Bonchev–Trinajstić information content (AvgIpc) is 2.14. The zero-order valence-corrected chi connectivity index (χ0v) is 10.7. The van der Waals surface area contributed by atoms with Crippen LogP contribution >= 0.6 is 0 Å². The molecule has 0 bridgehead atoms. The molecular weight excluding hydrogens is 187 g/mol. The second kappa shape index (κ2) is 4.87. The van der Waals surface area contributed by atoms with E-state index in [2.05, 4.69) is 52.0 Å². The van der Waals surface area contributed by atoms with Crippen LogP contribution in [-0.2, 0) is 5.41 Å². The van der Waals surface area contributed by atoms with Crippen molar-refractivity contribution in [3.05, 3.63) is 29.8 Å². The van der Waals surface area contributed by atoms with Gasteiger partial charge in [0, 0.05) is 0 Å². The molecule has 0 amide bonds. The average molecular weight is 205 g/mol. The minimum atomic E-state index is 0.126. The summed E-state index contributed by atoms with van der Waals surface area (Å²) in [7, 11) is 0. The van der Waals surface area contributed by atoms with Gasteiger partial charge < -0.3 is 0 Å². The fourth-order valence-corrected chi connectivity index (χ4v) is 1.73. The quantitative estimate of drug-likeness (QED) is 0.687. The Labute approximate surface area is 93.5 Å². The molecule has 0 heterocycles. The molecule has 1 aromatic carbocycles. The van der Waals surface area contributed by atoms with Crippen molar-refractivity contribution in [2.75, 3.05) is 0 Å². The van der Waals surface area contributed by atoms with Crippen molar-refractivity contribution >= 4 is 15.6 Å². The molecule has 1 aromatic rings. The van der Waals surface area contributed by atoms with Crippen LogP contribution < -0.4 is 3.79 Å². The maximum atomic E-state index is 5.61.